The molecular formula is C17H14Cl2. The normalized spacial score (nSPS) is 11.5. The molecule has 0 unspecified atom stereocenters. The highest BCUT2D eigenvalue weighted by atomic mass is 35.5. The van der Waals surface area contributed by atoms with Crippen LogP contribution in [0.25, 0.3) is 12.2 Å². The Hall–Kier alpha value is -1.50. The second-order valence-electron chi connectivity index (χ2n) is 4.14. The van der Waals surface area contributed by atoms with Crippen molar-refractivity contribution in [2.75, 3.05) is 0 Å². The van der Waals surface area contributed by atoms with Gasteiger partial charge in [-0.25, -0.2) is 0 Å². The number of hydrogen-bond acceptors (Lipinski definition) is 0. The fourth-order valence-electron chi connectivity index (χ4n) is 1.63. The number of allylic oxidation sites excluding steroid dienone is 2. The Morgan fingerprint density at radius 3 is 1.37 bits per heavy atom. The molecule has 0 atom stereocenters. The molecule has 19 heavy (non-hydrogen) atoms. The zero-order chi connectivity index (χ0) is 13.5. The Kier molecular flexibility index (Phi) is 5.26. The third-order valence-electron chi connectivity index (χ3n) is 2.63. The van der Waals surface area contributed by atoms with Crippen LogP contribution >= 0.6 is 23.2 Å². The molecule has 0 aliphatic carbocycles. The predicted octanol–water partition coefficient (Wildman–Crippen LogP) is 6.11. The van der Waals surface area contributed by atoms with E-state index in [1.54, 1.807) is 0 Å². The van der Waals surface area contributed by atoms with Crippen LogP contribution in [0.1, 0.15) is 17.5 Å². The Labute approximate surface area is 124 Å². The highest BCUT2D eigenvalue weighted by Crippen LogP contribution is 2.12. The molecule has 2 aromatic carbocycles. The monoisotopic (exact) mass is 288 g/mol. The minimum absolute atomic E-state index is 0.764. The first kappa shape index (κ1) is 13.9. The van der Waals surface area contributed by atoms with E-state index in [-0.39, 0.29) is 0 Å². The summed E-state index contributed by atoms with van der Waals surface area (Å²) in [5, 5.41) is 1.53. The van der Waals surface area contributed by atoms with Crippen molar-refractivity contribution < 1.29 is 0 Å². The van der Waals surface area contributed by atoms with Gasteiger partial charge < -0.3 is 0 Å². The summed E-state index contributed by atoms with van der Waals surface area (Å²) >= 11 is 11.7. The molecule has 0 heterocycles. The maximum absolute atomic E-state index is 5.83. The van der Waals surface area contributed by atoms with Crippen LogP contribution in [0.2, 0.25) is 10.0 Å². The van der Waals surface area contributed by atoms with Gasteiger partial charge in [0.05, 0.1) is 0 Å². The van der Waals surface area contributed by atoms with Gasteiger partial charge in [-0.15, -0.1) is 0 Å². The fourth-order valence-corrected chi connectivity index (χ4v) is 1.89. The molecule has 0 fully saturated rings. The molecule has 0 aliphatic heterocycles. The Morgan fingerprint density at radius 2 is 1.00 bits per heavy atom. The van der Waals surface area contributed by atoms with Gasteiger partial charge in [0.15, 0.2) is 0 Å². The first-order chi connectivity index (χ1) is 9.24. The smallest absolute Gasteiger partial charge is 0.0406 e. The van der Waals surface area contributed by atoms with Gasteiger partial charge >= 0.3 is 0 Å². The highest BCUT2D eigenvalue weighted by Gasteiger charge is 1.88. The fraction of sp³-hybridized carbons (Fsp3) is 0.0588. The topological polar surface area (TPSA) is 0 Å². The van der Waals surface area contributed by atoms with Crippen molar-refractivity contribution in [2.45, 2.75) is 6.42 Å². The lowest BCUT2D eigenvalue weighted by Gasteiger charge is -1.93. The molecule has 0 radical (unpaired) electrons. The lowest BCUT2D eigenvalue weighted by atomic mass is 10.1. The lowest BCUT2D eigenvalue weighted by molar-refractivity contribution is 1.42. The average molecular weight is 289 g/mol. The predicted molar refractivity (Wildman–Crippen MR) is 85.6 cm³/mol. The lowest BCUT2D eigenvalue weighted by Crippen LogP contribution is -1.71. The quantitative estimate of drug-likeness (QED) is 0.637. The van der Waals surface area contributed by atoms with Crippen LogP contribution in [-0.2, 0) is 0 Å². The molecule has 2 aromatic rings. The maximum atomic E-state index is 5.83. The second-order valence-corrected chi connectivity index (χ2v) is 5.02. The zero-order valence-corrected chi connectivity index (χ0v) is 11.9. The van der Waals surface area contributed by atoms with Crippen LogP contribution in [-0.4, -0.2) is 0 Å². The van der Waals surface area contributed by atoms with E-state index in [1.807, 2.05) is 48.5 Å². The Morgan fingerprint density at radius 1 is 0.632 bits per heavy atom. The highest BCUT2D eigenvalue weighted by molar-refractivity contribution is 6.30. The molecule has 0 saturated heterocycles. The molecule has 2 rings (SSSR count). The van der Waals surface area contributed by atoms with E-state index in [2.05, 4.69) is 24.3 Å². The number of rotatable bonds is 4. The van der Waals surface area contributed by atoms with Crippen molar-refractivity contribution in [1.82, 2.24) is 0 Å². The van der Waals surface area contributed by atoms with Gasteiger partial charge in [0, 0.05) is 10.0 Å². The number of hydrogen-bond donors (Lipinski definition) is 0. The maximum Gasteiger partial charge on any atom is 0.0406 e. The van der Waals surface area contributed by atoms with E-state index in [0.717, 1.165) is 27.6 Å². The molecule has 0 N–H and O–H groups in total. The summed E-state index contributed by atoms with van der Waals surface area (Å²) in [6.07, 6.45) is 9.31. The van der Waals surface area contributed by atoms with Crippen LogP contribution in [0.3, 0.4) is 0 Å². The third kappa shape index (κ3) is 4.94. The average Bonchev–Trinajstić information content (AvgIpc) is 2.43. The summed E-state index contributed by atoms with van der Waals surface area (Å²) in [5.74, 6) is 0. The molecule has 0 aliphatic rings. The van der Waals surface area contributed by atoms with E-state index < -0.39 is 0 Å². The molecule has 0 saturated carbocycles. The van der Waals surface area contributed by atoms with E-state index in [1.165, 1.54) is 0 Å². The molecule has 0 nitrogen and oxygen atoms in total. The largest absolute Gasteiger partial charge is 0.0843 e. The van der Waals surface area contributed by atoms with Crippen molar-refractivity contribution in [3.63, 3.8) is 0 Å². The van der Waals surface area contributed by atoms with E-state index in [4.69, 9.17) is 23.2 Å². The molecular weight excluding hydrogens is 275 g/mol. The van der Waals surface area contributed by atoms with Crippen molar-refractivity contribution in [2.24, 2.45) is 0 Å². The summed E-state index contributed by atoms with van der Waals surface area (Å²) in [7, 11) is 0. The molecule has 0 spiro atoms. The van der Waals surface area contributed by atoms with Gasteiger partial charge in [0.25, 0.3) is 0 Å². The van der Waals surface area contributed by atoms with Gasteiger partial charge in [-0.1, -0.05) is 71.8 Å². The van der Waals surface area contributed by atoms with Crippen molar-refractivity contribution in [1.29, 1.82) is 0 Å². The number of benzene rings is 2. The van der Waals surface area contributed by atoms with Crippen molar-refractivity contribution >= 4 is 35.4 Å². The van der Waals surface area contributed by atoms with Gasteiger partial charge in [0.2, 0.25) is 0 Å². The summed E-state index contributed by atoms with van der Waals surface area (Å²) in [6.45, 7) is 0. The van der Waals surface area contributed by atoms with Gasteiger partial charge in [-0.05, 0) is 41.8 Å². The Balaban J connectivity index is 1.86. The van der Waals surface area contributed by atoms with Crippen LogP contribution in [0.15, 0.2) is 60.7 Å². The van der Waals surface area contributed by atoms with Crippen LogP contribution in [0.5, 0.6) is 0 Å². The molecule has 96 valence electrons. The second kappa shape index (κ2) is 7.18. The number of halogens is 2. The zero-order valence-electron chi connectivity index (χ0n) is 10.4. The summed E-state index contributed by atoms with van der Waals surface area (Å²) < 4.78 is 0. The van der Waals surface area contributed by atoms with E-state index in [9.17, 15) is 0 Å². The summed E-state index contributed by atoms with van der Waals surface area (Å²) in [5.41, 5.74) is 2.31. The Bertz CT molecular complexity index is 510. The van der Waals surface area contributed by atoms with E-state index in [0.29, 0.717) is 0 Å². The first-order valence-corrected chi connectivity index (χ1v) is 6.84. The standard InChI is InChI=1S/C17H14Cl2/c18-16-10-6-14(7-11-16)4-2-1-3-5-15-8-12-17(19)13-9-15/h2-13H,1H2/b4-2-,5-3-. The summed E-state index contributed by atoms with van der Waals surface area (Å²) in [6, 6.07) is 15.6. The van der Waals surface area contributed by atoms with Crippen LogP contribution < -0.4 is 0 Å². The molecule has 0 bridgehead atoms. The SMILES string of the molecule is Clc1ccc(/C=C\C/C=C\c2ccc(Cl)cc2)cc1. The third-order valence-corrected chi connectivity index (χ3v) is 3.14. The minimum atomic E-state index is 0.764. The van der Waals surface area contributed by atoms with Crippen molar-refractivity contribution in [3.8, 4) is 0 Å². The molecule has 2 heteroatoms. The van der Waals surface area contributed by atoms with Gasteiger partial charge in [-0.3, -0.25) is 0 Å². The minimum Gasteiger partial charge on any atom is -0.0843 e. The summed E-state index contributed by atoms with van der Waals surface area (Å²) in [4.78, 5) is 0. The van der Waals surface area contributed by atoms with Crippen LogP contribution in [0.4, 0.5) is 0 Å². The first-order valence-electron chi connectivity index (χ1n) is 6.08. The van der Waals surface area contributed by atoms with E-state index >= 15 is 0 Å². The van der Waals surface area contributed by atoms with Gasteiger partial charge in [-0.2, -0.15) is 0 Å². The molecule has 0 aromatic heterocycles. The molecule has 0 amide bonds. The van der Waals surface area contributed by atoms with Crippen molar-refractivity contribution in [3.05, 3.63) is 81.9 Å². The van der Waals surface area contributed by atoms with Gasteiger partial charge in [0.1, 0.15) is 0 Å². The van der Waals surface area contributed by atoms with Crippen LogP contribution in [0, 0.1) is 0 Å².